The van der Waals surface area contributed by atoms with E-state index in [0.29, 0.717) is 11.4 Å². The highest BCUT2D eigenvalue weighted by atomic mass is 19.3. The van der Waals surface area contributed by atoms with Gasteiger partial charge in [0.05, 0.1) is 17.4 Å². The molecule has 0 saturated carbocycles. The summed E-state index contributed by atoms with van der Waals surface area (Å²) in [5, 5.41) is 8.04. The molecule has 1 unspecified atom stereocenters. The van der Waals surface area contributed by atoms with Gasteiger partial charge in [-0.25, -0.2) is 4.68 Å². The molecule has 3 aromatic rings. The van der Waals surface area contributed by atoms with Crippen LogP contribution in [0.4, 0.5) is 8.78 Å². The highest BCUT2D eigenvalue weighted by molar-refractivity contribution is 5.93. The molecule has 0 bridgehead atoms. The van der Waals surface area contributed by atoms with Crippen LogP contribution in [0.1, 0.15) is 34.7 Å². The van der Waals surface area contributed by atoms with Crippen LogP contribution in [-0.4, -0.2) is 44.4 Å². The van der Waals surface area contributed by atoms with E-state index in [1.807, 2.05) is 19.1 Å². The first kappa shape index (κ1) is 19.4. The van der Waals surface area contributed by atoms with Gasteiger partial charge >= 0.3 is 6.61 Å². The standard InChI is InChI=1S/C19H19F2N5O2/c1-12(14-5-4-10-22-11-14)25(3)18(27)17-13(2)26(24-23-17)15-6-8-16(9-7-15)28-19(20)21/h4-12,19H,1-3H3. The van der Waals surface area contributed by atoms with E-state index in [9.17, 15) is 13.6 Å². The fourth-order valence-corrected chi connectivity index (χ4v) is 2.73. The highest BCUT2D eigenvalue weighted by Gasteiger charge is 2.24. The molecular formula is C19H19F2N5O2. The third-order valence-electron chi connectivity index (χ3n) is 4.47. The zero-order valence-corrected chi connectivity index (χ0v) is 15.6. The number of halogens is 2. The fourth-order valence-electron chi connectivity index (χ4n) is 2.73. The Kier molecular flexibility index (Phi) is 5.62. The minimum absolute atomic E-state index is 0.0397. The number of pyridine rings is 1. The van der Waals surface area contributed by atoms with Crippen molar-refractivity contribution in [3.8, 4) is 11.4 Å². The van der Waals surface area contributed by atoms with Gasteiger partial charge in [0.2, 0.25) is 0 Å². The van der Waals surface area contributed by atoms with Crippen molar-refractivity contribution in [2.45, 2.75) is 26.5 Å². The summed E-state index contributed by atoms with van der Waals surface area (Å²) < 4.78 is 30.3. The molecule has 28 heavy (non-hydrogen) atoms. The second-order valence-electron chi connectivity index (χ2n) is 6.19. The van der Waals surface area contributed by atoms with Gasteiger partial charge in [0.15, 0.2) is 5.69 Å². The molecule has 0 aliphatic heterocycles. The largest absolute Gasteiger partial charge is 0.435 e. The van der Waals surface area contributed by atoms with Gasteiger partial charge in [-0.1, -0.05) is 11.3 Å². The number of hydrogen-bond donors (Lipinski definition) is 0. The van der Waals surface area contributed by atoms with Gasteiger partial charge in [-0.3, -0.25) is 9.78 Å². The predicted molar refractivity (Wildman–Crippen MR) is 97.5 cm³/mol. The first-order chi connectivity index (χ1) is 13.4. The summed E-state index contributed by atoms with van der Waals surface area (Å²) in [5.41, 5.74) is 2.23. The lowest BCUT2D eigenvalue weighted by Gasteiger charge is -2.24. The van der Waals surface area contributed by atoms with Crippen LogP contribution in [0.3, 0.4) is 0 Å². The summed E-state index contributed by atoms with van der Waals surface area (Å²) >= 11 is 0. The van der Waals surface area contributed by atoms with Gasteiger partial charge in [-0.2, -0.15) is 8.78 Å². The van der Waals surface area contributed by atoms with Crippen LogP contribution in [0.25, 0.3) is 5.69 Å². The molecule has 0 aliphatic rings. The Morgan fingerprint density at radius 2 is 1.93 bits per heavy atom. The average molecular weight is 387 g/mol. The number of amides is 1. The van der Waals surface area contributed by atoms with E-state index in [0.717, 1.165) is 5.56 Å². The van der Waals surface area contributed by atoms with E-state index >= 15 is 0 Å². The third kappa shape index (κ3) is 3.98. The Labute approximate surface area is 160 Å². The van der Waals surface area contributed by atoms with Crippen LogP contribution < -0.4 is 4.74 Å². The van der Waals surface area contributed by atoms with Gasteiger partial charge < -0.3 is 9.64 Å². The van der Waals surface area contributed by atoms with Crippen molar-refractivity contribution in [1.29, 1.82) is 0 Å². The van der Waals surface area contributed by atoms with E-state index in [1.165, 1.54) is 16.8 Å². The molecule has 1 atom stereocenters. The monoisotopic (exact) mass is 387 g/mol. The lowest BCUT2D eigenvalue weighted by Crippen LogP contribution is -2.30. The molecular weight excluding hydrogens is 368 g/mol. The van der Waals surface area contributed by atoms with Crippen molar-refractivity contribution < 1.29 is 18.3 Å². The molecule has 2 heterocycles. The Balaban J connectivity index is 1.81. The Morgan fingerprint density at radius 1 is 1.21 bits per heavy atom. The quantitative estimate of drug-likeness (QED) is 0.648. The highest BCUT2D eigenvalue weighted by Crippen LogP contribution is 2.22. The van der Waals surface area contributed by atoms with Crippen LogP contribution in [0, 0.1) is 6.92 Å². The van der Waals surface area contributed by atoms with Gasteiger partial charge in [0.1, 0.15) is 5.75 Å². The topological polar surface area (TPSA) is 73.1 Å². The maximum Gasteiger partial charge on any atom is 0.387 e. The normalized spacial score (nSPS) is 12.1. The van der Waals surface area contributed by atoms with Crippen LogP contribution in [-0.2, 0) is 0 Å². The van der Waals surface area contributed by atoms with Crippen LogP contribution in [0.2, 0.25) is 0 Å². The summed E-state index contributed by atoms with van der Waals surface area (Å²) in [4.78, 5) is 18.5. The SMILES string of the molecule is Cc1c(C(=O)N(C)C(C)c2cccnc2)nnn1-c1ccc(OC(F)F)cc1. The number of hydrogen-bond acceptors (Lipinski definition) is 5. The molecule has 1 amide bonds. The summed E-state index contributed by atoms with van der Waals surface area (Å²) in [7, 11) is 1.69. The van der Waals surface area contributed by atoms with Gasteiger partial charge in [-0.05, 0) is 49.7 Å². The van der Waals surface area contributed by atoms with E-state index in [2.05, 4.69) is 20.0 Å². The molecule has 0 saturated heterocycles. The average Bonchev–Trinajstić information content (AvgIpc) is 3.08. The number of carbonyl (C=O) groups excluding carboxylic acids is 1. The first-order valence-electron chi connectivity index (χ1n) is 8.53. The van der Waals surface area contributed by atoms with Crippen LogP contribution in [0.15, 0.2) is 48.8 Å². The van der Waals surface area contributed by atoms with Crippen LogP contribution >= 0.6 is 0 Å². The fraction of sp³-hybridized carbons (Fsp3) is 0.263. The zero-order chi connectivity index (χ0) is 20.3. The molecule has 146 valence electrons. The molecule has 3 rings (SSSR count). The number of rotatable bonds is 6. The van der Waals surface area contributed by atoms with Gasteiger partial charge in [0.25, 0.3) is 5.91 Å². The Bertz CT molecular complexity index is 945. The van der Waals surface area contributed by atoms with E-state index < -0.39 is 6.61 Å². The number of carbonyl (C=O) groups is 1. The molecule has 0 N–H and O–H groups in total. The zero-order valence-electron chi connectivity index (χ0n) is 15.6. The van der Waals surface area contributed by atoms with E-state index in [1.54, 1.807) is 43.4 Å². The maximum atomic E-state index is 12.9. The van der Waals surface area contributed by atoms with Crippen molar-refractivity contribution in [3.63, 3.8) is 0 Å². The number of nitrogens with zero attached hydrogens (tertiary/aromatic N) is 5. The van der Waals surface area contributed by atoms with E-state index in [4.69, 9.17) is 0 Å². The van der Waals surface area contributed by atoms with Gasteiger partial charge in [-0.15, -0.1) is 5.10 Å². The van der Waals surface area contributed by atoms with Crippen molar-refractivity contribution in [1.82, 2.24) is 24.9 Å². The van der Waals surface area contributed by atoms with Crippen molar-refractivity contribution in [2.24, 2.45) is 0 Å². The predicted octanol–water partition coefficient (Wildman–Crippen LogP) is 3.41. The molecule has 0 fully saturated rings. The molecule has 0 spiro atoms. The summed E-state index contributed by atoms with van der Waals surface area (Å²) in [6, 6.07) is 9.45. The number of alkyl halides is 2. The molecule has 1 aromatic carbocycles. The van der Waals surface area contributed by atoms with Gasteiger partial charge in [0, 0.05) is 19.4 Å². The molecule has 9 heteroatoms. The second kappa shape index (κ2) is 8.12. The van der Waals surface area contributed by atoms with Crippen molar-refractivity contribution in [3.05, 3.63) is 65.7 Å². The van der Waals surface area contributed by atoms with Crippen LogP contribution in [0.5, 0.6) is 5.75 Å². The molecule has 2 aromatic heterocycles. The number of aromatic nitrogens is 4. The summed E-state index contributed by atoms with van der Waals surface area (Å²) in [5.74, 6) is -0.240. The Hall–Kier alpha value is -3.36. The lowest BCUT2D eigenvalue weighted by atomic mass is 10.1. The smallest absolute Gasteiger partial charge is 0.387 e. The molecule has 7 nitrogen and oxygen atoms in total. The lowest BCUT2D eigenvalue weighted by molar-refractivity contribution is -0.0498. The third-order valence-corrected chi connectivity index (χ3v) is 4.47. The summed E-state index contributed by atoms with van der Waals surface area (Å²) in [6.07, 6.45) is 3.38. The number of ether oxygens (including phenoxy) is 1. The van der Waals surface area contributed by atoms with Crippen molar-refractivity contribution in [2.75, 3.05) is 7.05 Å². The molecule has 0 radical (unpaired) electrons. The summed E-state index contributed by atoms with van der Waals surface area (Å²) in [6.45, 7) is 0.732. The first-order valence-corrected chi connectivity index (χ1v) is 8.53. The number of benzene rings is 1. The minimum Gasteiger partial charge on any atom is -0.435 e. The minimum atomic E-state index is -2.89. The second-order valence-corrected chi connectivity index (χ2v) is 6.19. The van der Waals surface area contributed by atoms with Crippen molar-refractivity contribution >= 4 is 5.91 Å². The van der Waals surface area contributed by atoms with E-state index in [-0.39, 0.29) is 23.4 Å². The molecule has 0 aliphatic carbocycles. The maximum absolute atomic E-state index is 12.9. The Morgan fingerprint density at radius 3 is 2.54 bits per heavy atom.